The number of nitrogens with zero attached hydrogens (tertiary/aromatic N) is 1. The average Bonchev–Trinajstić information content (AvgIpc) is 3.23. The second kappa shape index (κ2) is 14.1. The smallest absolute Gasteiger partial charge is 0.417 e. The zero-order valence-corrected chi connectivity index (χ0v) is 19.9. The third-order valence-corrected chi connectivity index (χ3v) is 5.41. The molecule has 3 unspecified atom stereocenters. The third-order valence-electron chi connectivity index (χ3n) is 5.41. The number of aliphatic hydroxyl groups is 1. The molecule has 1 heterocycles. The van der Waals surface area contributed by atoms with Crippen LogP contribution >= 0.6 is 0 Å². The van der Waals surface area contributed by atoms with E-state index in [0.29, 0.717) is 18.4 Å². The van der Waals surface area contributed by atoms with Gasteiger partial charge in [-0.15, -0.1) is 0 Å². The Bertz CT molecular complexity index is 928. The summed E-state index contributed by atoms with van der Waals surface area (Å²) < 4.78 is 15.4. The molecule has 1 aromatic carbocycles. The van der Waals surface area contributed by atoms with E-state index in [1.54, 1.807) is 30.3 Å². The van der Waals surface area contributed by atoms with E-state index >= 15 is 0 Å². The SMILES string of the molecule is COC(C(=O)N1C(=O)OCC1c1ccccc1)C(OC(C)=O)C(=O)C=CC(=O)CCCCCCO. The summed E-state index contributed by atoms with van der Waals surface area (Å²) in [6.45, 7) is 1.08. The summed E-state index contributed by atoms with van der Waals surface area (Å²) in [7, 11) is 1.15. The van der Waals surface area contributed by atoms with Crippen molar-refractivity contribution in [3.8, 4) is 0 Å². The van der Waals surface area contributed by atoms with E-state index in [1.165, 1.54) is 0 Å². The first-order valence-corrected chi connectivity index (χ1v) is 11.4. The number of rotatable bonds is 14. The quantitative estimate of drug-likeness (QED) is 0.237. The van der Waals surface area contributed by atoms with Gasteiger partial charge in [0.2, 0.25) is 0 Å². The second-order valence-corrected chi connectivity index (χ2v) is 7.99. The lowest BCUT2D eigenvalue weighted by atomic mass is 10.0. The molecule has 0 spiro atoms. The van der Waals surface area contributed by atoms with Crippen molar-refractivity contribution < 1.29 is 43.3 Å². The Labute approximate surface area is 203 Å². The molecule has 1 fully saturated rings. The molecule has 0 aliphatic carbocycles. The number of allylic oxidation sites excluding steroid dienone is 1. The zero-order valence-electron chi connectivity index (χ0n) is 19.9. The number of esters is 1. The summed E-state index contributed by atoms with van der Waals surface area (Å²) >= 11 is 0. The minimum absolute atomic E-state index is 0.0795. The van der Waals surface area contributed by atoms with Gasteiger partial charge in [0, 0.05) is 27.1 Å². The van der Waals surface area contributed by atoms with E-state index in [4.69, 9.17) is 19.3 Å². The number of cyclic esters (lactones) is 1. The molecule has 1 N–H and O–H groups in total. The first kappa shape index (κ1) is 27.9. The summed E-state index contributed by atoms with van der Waals surface area (Å²) in [4.78, 5) is 63.1. The van der Waals surface area contributed by atoms with E-state index in [2.05, 4.69) is 0 Å². The lowest BCUT2D eigenvalue weighted by molar-refractivity contribution is -0.166. The van der Waals surface area contributed by atoms with Gasteiger partial charge in [-0.25, -0.2) is 9.69 Å². The fourth-order valence-electron chi connectivity index (χ4n) is 3.64. The van der Waals surface area contributed by atoms with Gasteiger partial charge in [0.05, 0.1) is 0 Å². The molecule has 0 aromatic heterocycles. The van der Waals surface area contributed by atoms with Crippen LogP contribution < -0.4 is 0 Å². The van der Waals surface area contributed by atoms with Crippen LogP contribution in [0.1, 0.15) is 50.6 Å². The van der Waals surface area contributed by atoms with E-state index in [0.717, 1.165) is 43.9 Å². The van der Waals surface area contributed by atoms with E-state index in [9.17, 15) is 24.0 Å². The Morgan fingerprint density at radius 1 is 1.09 bits per heavy atom. The molecular weight excluding hydrogens is 458 g/mol. The van der Waals surface area contributed by atoms with Gasteiger partial charge in [0.15, 0.2) is 23.8 Å². The van der Waals surface area contributed by atoms with Crippen LogP contribution in [0.5, 0.6) is 0 Å². The van der Waals surface area contributed by atoms with Crippen LogP contribution in [0.3, 0.4) is 0 Å². The maximum absolute atomic E-state index is 13.3. The largest absolute Gasteiger partial charge is 0.451 e. The van der Waals surface area contributed by atoms with Crippen molar-refractivity contribution in [3.05, 3.63) is 48.0 Å². The highest BCUT2D eigenvalue weighted by Gasteiger charge is 2.46. The molecule has 0 bridgehead atoms. The molecule has 0 radical (unpaired) electrons. The molecule has 3 atom stereocenters. The van der Waals surface area contributed by atoms with Gasteiger partial charge >= 0.3 is 12.1 Å². The number of ether oxygens (including phenoxy) is 3. The molecule has 1 aliphatic heterocycles. The van der Waals surface area contributed by atoms with Gasteiger partial charge in [-0.05, 0) is 30.6 Å². The Kier molecular flexibility index (Phi) is 11.2. The fourth-order valence-corrected chi connectivity index (χ4v) is 3.64. The number of methoxy groups -OCH3 is 1. The monoisotopic (exact) mass is 489 g/mol. The van der Waals surface area contributed by atoms with Gasteiger partial charge in [-0.3, -0.25) is 19.2 Å². The Balaban J connectivity index is 2.16. The summed E-state index contributed by atoms with van der Waals surface area (Å²) in [5, 5.41) is 8.78. The Hall–Kier alpha value is -3.37. The molecule has 190 valence electrons. The average molecular weight is 490 g/mol. The van der Waals surface area contributed by atoms with Crippen LogP contribution in [0.2, 0.25) is 0 Å². The minimum Gasteiger partial charge on any atom is -0.451 e. The van der Waals surface area contributed by atoms with Crippen molar-refractivity contribution in [2.45, 2.75) is 57.3 Å². The first-order valence-electron chi connectivity index (χ1n) is 11.4. The van der Waals surface area contributed by atoms with Crippen LogP contribution in [-0.2, 0) is 33.4 Å². The van der Waals surface area contributed by atoms with Gasteiger partial charge < -0.3 is 19.3 Å². The normalized spacial score (nSPS) is 17.2. The van der Waals surface area contributed by atoms with Crippen LogP contribution in [-0.4, -0.2) is 72.1 Å². The van der Waals surface area contributed by atoms with Gasteiger partial charge in [-0.1, -0.05) is 43.2 Å². The predicted molar refractivity (Wildman–Crippen MR) is 123 cm³/mol. The lowest BCUT2D eigenvalue weighted by Gasteiger charge is -2.27. The predicted octanol–water partition coefficient (Wildman–Crippen LogP) is 2.29. The summed E-state index contributed by atoms with van der Waals surface area (Å²) in [6.07, 6.45) is 0.783. The van der Waals surface area contributed by atoms with Crippen molar-refractivity contribution >= 4 is 29.5 Å². The fraction of sp³-hybridized carbons (Fsp3) is 0.480. The van der Waals surface area contributed by atoms with Crippen molar-refractivity contribution in [1.82, 2.24) is 4.90 Å². The Morgan fingerprint density at radius 2 is 1.77 bits per heavy atom. The van der Waals surface area contributed by atoms with Crippen molar-refractivity contribution in [3.63, 3.8) is 0 Å². The van der Waals surface area contributed by atoms with Crippen molar-refractivity contribution in [1.29, 1.82) is 0 Å². The number of carbonyl (C=O) groups excluding carboxylic acids is 5. The zero-order chi connectivity index (χ0) is 25.8. The van der Waals surface area contributed by atoms with Crippen molar-refractivity contribution in [2.75, 3.05) is 20.3 Å². The topological polar surface area (TPSA) is 137 Å². The van der Waals surface area contributed by atoms with Crippen LogP contribution in [0.15, 0.2) is 42.5 Å². The van der Waals surface area contributed by atoms with Gasteiger partial charge in [0.25, 0.3) is 5.91 Å². The molecular formula is C25H31NO9. The molecule has 1 aromatic rings. The van der Waals surface area contributed by atoms with E-state index in [-0.39, 0.29) is 25.4 Å². The number of ketones is 2. The maximum Gasteiger partial charge on any atom is 0.417 e. The summed E-state index contributed by atoms with van der Waals surface area (Å²) in [6, 6.07) is 7.97. The number of hydrogen-bond donors (Lipinski definition) is 1. The first-order chi connectivity index (χ1) is 16.8. The molecule has 10 nitrogen and oxygen atoms in total. The molecule has 1 aliphatic rings. The number of carbonyl (C=O) groups is 5. The summed E-state index contributed by atoms with van der Waals surface area (Å²) in [5.41, 5.74) is 0.640. The molecule has 35 heavy (non-hydrogen) atoms. The highest BCUT2D eigenvalue weighted by atomic mass is 16.6. The van der Waals surface area contributed by atoms with Gasteiger partial charge in [-0.2, -0.15) is 0 Å². The Morgan fingerprint density at radius 3 is 2.40 bits per heavy atom. The van der Waals surface area contributed by atoms with Gasteiger partial charge in [0.1, 0.15) is 12.6 Å². The van der Waals surface area contributed by atoms with E-state index in [1.807, 2.05) is 0 Å². The number of amides is 2. The molecule has 2 rings (SSSR count). The molecule has 0 saturated carbocycles. The second-order valence-electron chi connectivity index (χ2n) is 7.99. The minimum atomic E-state index is -1.71. The van der Waals surface area contributed by atoms with Crippen LogP contribution in [0, 0.1) is 0 Å². The molecule has 10 heteroatoms. The number of imide groups is 1. The standard InChI is InChI=1S/C25H31NO9/c1-17(28)35-22(21(30)14-13-19(29)12-8-3-4-9-15-27)23(33-2)24(31)26-20(16-34-25(26)32)18-10-6-5-7-11-18/h5-7,10-11,13-14,20,22-23,27H,3-4,8-9,12,15-16H2,1-2H3. The third kappa shape index (κ3) is 8.11. The number of hydrogen-bond acceptors (Lipinski definition) is 9. The van der Waals surface area contributed by atoms with Crippen LogP contribution in [0.25, 0.3) is 0 Å². The lowest BCUT2D eigenvalue weighted by Crippen LogP contribution is -2.51. The highest BCUT2D eigenvalue weighted by molar-refractivity contribution is 6.05. The number of unbranched alkanes of at least 4 members (excludes halogenated alkanes) is 3. The number of benzene rings is 1. The van der Waals surface area contributed by atoms with E-state index < -0.39 is 42.0 Å². The molecule has 2 amide bonds. The molecule has 1 saturated heterocycles. The number of aliphatic hydroxyl groups excluding tert-OH is 1. The van der Waals surface area contributed by atoms with Crippen LogP contribution in [0.4, 0.5) is 4.79 Å². The maximum atomic E-state index is 13.3. The highest BCUT2D eigenvalue weighted by Crippen LogP contribution is 2.29. The van der Waals surface area contributed by atoms with Crippen molar-refractivity contribution in [2.24, 2.45) is 0 Å². The summed E-state index contributed by atoms with van der Waals surface area (Å²) in [5.74, 6) is -2.90.